The molecule has 0 aromatic carbocycles. The third-order valence-corrected chi connectivity index (χ3v) is 2.76. The van der Waals surface area contributed by atoms with E-state index in [2.05, 4.69) is 4.72 Å². The molecule has 0 aliphatic carbocycles. The van der Waals surface area contributed by atoms with E-state index < -0.39 is 10.0 Å². The number of thiophene rings is 1. The van der Waals surface area contributed by atoms with Crippen molar-refractivity contribution in [3.05, 3.63) is 16.3 Å². The molecular formula is C6H10N2O2S2. The van der Waals surface area contributed by atoms with Crippen molar-refractivity contribution in [3.8, 4) is 0 Å². The van der Waals surface area contributed by atoms with Crippen molar-refractivity contribution in [1.82, 2.24) is 0 Å². The molecule has 3 N–H and O–H groups in total. The van der Waals surface area contributed by atoms with E-state index in [1.54, 1.807) is 11.4 Å². The molecule has 68 valence electrons. The molecule has 6 heteroatoms. The van der Waals surface area contributed by atoms with Crippen molar-refractivity contribution in [2.24, 2.45) is 5.73 Å². The number of sulfonamides is 1. The largest absolute Gasteiger partial charge is 0.326 e. The van der Waals surface area contributed by atoms with Gasteiger partial charge in [-0.25, -0.2) is 8.42 Å². The lowest BCUT2D eigenvalue weighted by Gasteiger charge is -2.02. The van der Waals surface area contributed by atoms with Crippen LogP contribution in [0.5, 0.6) is 0 Å². The zero-order chi connectivity index (χ0) is 9.19. The van der Waals surface area contributed by atoms with Gasteiger partial charge in [0.1, 0.15) is 0 Å². The van der Waals surface area contributed by atoms with Crippen LogP contribution < -0.4 is 10.5 Å². The summed E-state index contributed by atoms with van der Waals surface area (Å²) in [4.78, 5) is 0.848. The quantitative estimate of drug-likeness (QED) is 0.759. The average molecular weight is 206 g/mol. The highest BCUT2D eigenvalue weighted by Crippen LogP contribution is 2.21. The van der Waals surface area contributed by atoms with Gasteiger partial charge >= 0.3 is 0 Å². The minimum atomic E-state index is -3.18. The Hall–Kier alpha value is -0.590. The van der Waals surface area contributed by atoms with Gasteiger partial charge in [0.15, 0.2) is 0 Å². The first-order valence-electron chi connectivity index (χ1n) is 3.27. The van der Waals surface area contributed by atoms with Gasteiger partial charge in [0.25, 0.3) is 0 Å². The Balaban J connectivity index is 2.89. The lowest BCUT2D eigenvalue weighted by molar-refractivity contribution is 0.607. The summed E-state index contributed by atoms with van der Waals surface area (Å²) in [6, 6.07) is 1.70. The maximum atomic E-state index is 10.8. The summed E-state index contributed by atoms with van der Waals surface area (Å²) in [5.74, 6) is 0. The summed E-state index contributed by atoms with van der Waals surface area (Å²) in [7, 11) is -3.18. The van der Waals surface area contributed by atoms with Gasteiger partial charge < -0.3 is 5.73 Å². The normalized spacial score (nSPS) is 11.5. The second-order valence-corrected chi connectivity index (χ2v) is 5.08. The molecule has 0 aliphatic rings. The third-order valence-electron chi connectivity index (χ3n) is 1.23. The zero-order valence-corrected chi connectivity index (χ0v) is 8.21. The van der Waals surface area contributed by atoms with Crippen LogP contribution in [0, 0.1) is 0 Å². The van der Waals surface area contributed by atoms with Crippen molar-refractivity contribution >= 4 is 27.0 Å². The topological polar surface area (TPSA) is 72.2 Å². The van der Waals surface area contributed by atoms with E-state index in [0.29, 0.717) is 12.2 Å². The Morgan fingerprint density at radius 1 is 1.67 bits per heavy atom. The summed E-state index contributed by atoms with van der Waals surface area (Å²) < 4.78 is 24.0. The van der Waals surface area contributed by atoms with Crippen molar-refractivity contribution in [1.29, 1.82) is 0 Å². The molecule has 0 unspecified atom stereocenters. The van der Waals surface area contributed by atoms with Crippen LogP contribution in [0.3, 0.4) is 0 Å². The van der Waals surface area contributed by atoms with Gasteiger partial charge in [-0.3, -0.25) is 4.72 Å². The fraction of sp³-hybridized carbons (Fsp3) is 0.333. The number of anilines is 1. The predicted octanol–water partition coefficient (Wildman–Crippen LogP) is 0.578. The highest BCUT2D eigenvalue weighted by Gasteiger charge is 2.06. The molecule has 1 aromatic heterocycles. The molecule has 1 rings (SSSR count). The monoisotopic (exact) mass is 206 g/mol. The smallest absolute Gasteiger partial charge is 0.229 e. The molecule has 0 amide bonds. The minimum absolute atomic E-state index is 0.357. The molecule has 4 nitrogen and oxygen atoms in total. The van der Waals surface area contributed by atoms with Gasteiger partial charge in [0.05, 0.1) is 11.9 Å². The Kier molecular flexibility index (Phi) is 2.71. The second-order valence-electron chi connectivity index (χ2n) is 2.34. The molecule has 0 fully saturated rings. The van der Waals surface area contributed by atoms with Gasteiger partial charge in [0, 0.05) is 11.4 Å². The van der Waals surface area contributed by atoms with Gasteiger partial charge in [-0.2, -0.15) is 0 Å². The molecule has 1 heterocycles. The fourth-order valence-corrected chi connectivity index (χ4v) is 2.16. The Morgan fingerprint density at radius 3 is 2.83 bits per heavy atom. The van der Waals surface area contributed by atoms with Crippen LogP contribution in [0.25, 0.3) is 0 Å². The van der Waals surface area contributed by atoms with Crippen molar-refractivity contribution in [2.45, 2.75) is 6.54 Å². The summed E-state index contributed by atoms with van der Waals surface area (Å²) >= 11 is 1.44. The van der Waals surface area contributed by atoms with E-state index in [4.69, 9.17) is 5.73 Å². The van der Waals surface area contributed by atoms with E-state index in [0.717, 1.165) is 11.1 Å². The zero-order valence-electron chi connectivity index (χ0n) is 6.57. The number of rotatable bonds is 3. The summed E-state index contributed by atoms with van der Waals surface area (Å²) in [6.45, 7) is 0.357. The Morgan fingerprint density at radius 2 is 2.33 bits per heavy atom. The van der Waals surface area contributed by atoms with E-state index in [1.165, 1.54) is 11.3 Å². The Bertz CT molecular complexity index is 355. The predicted molar refractivity (Wildman–Crippen MR) is 50.7 cm³/mol. The summed E-state index contributed by atoms with van der Waals surface area (Å²) in [5.41, 5.74) is 5.98. The van der Waals surface area contributed by atoms with E-state index in [-0.39, 0.29) is 0 Å². The summed E-state index contributed by atoms with van der Waals surface area (Å²) in [6.07, 6.45) is 1.12. The Labute approximate surface area is 75.5 Å². The molecule has 0 saturated carbocycles. The lowest BCUT2D eigenvalue weighted by Crippen LogP contribution is -2.10. The summed E-state index contributed by atoms with van der Waals surface area (Å²) in [5, 5.41) is 1.80. The van der Waals surface area contributed by atoms with Crippen LogP contribution in [0.1, 0.15) is 4.88 Å². The number of hydrogen-bond donors (Lipinski definition) is 2. The van der Waals surface area contributed by atoms with Crippen molar-refractivity contribution < 1.29 is 8.42 Å². The van der Waals surface area contributed by atoms with Crippen LogP contribution >= 0.6 is 11.3 Å². The second kappa shape index (κ2) is 3.42. The first-order valence-corrected chi connectivity index (χ1v) is 6.04. The molecule has 12 heavy (non-hydrogen) atoms. The molecule has 0 radical (unpaired) electrons. The molecule has 0 spiro atoms. The number of nitrogens with two attached hydrogens (primary N) is 1. The molecule has 0 saturated heterocycles. The standard InChI is InChI=1S/C6H10N2O2S2/c1-12(9,10)8-5-2-3-11-6(5)4-7/h2-3,8H,4,7H2,1H3. The van der Waals surface area contributed by atoms with E-state index in [9.17, 15) is 8.42 Å². The molecular weight excluding hydrogens is 196 g/mol. The maximum Gasteiger partial charge on any atom is 0.229 e. The third kappa shape index (κ3) is 2.47. The SMILES string of the molecule is CS(=O)(=O)Nc1ccsc1CN. The number of hydrogen-bond acceptors (Lipinski definition) is 4. The van der Waals surface area contributed by atoms with Crippen LogP contribution in [0.15, 0.2) is 11.4 Å². The van der Waals surface area contributed by atoms with Crippen LogP contribution in [-0.4, -0.2) is 14.7 Å². The molecule has 1 aromatic rings. The average Bonchev–Trinajstić information content (AvgIpc) is 2.31. The van der Waals surface area contributed by atoms with Crippen molar-refractivity contribution in [3.63, 3.8) is 0 Å². The van der Waals surface area contributed by atoms with Crippen LogP contribution in [0.4, 0.5) is 5.69 Å². The van der Waals surface area contributed by atoms with Crippen LogP contribution in [0.2, 0.25) is 0 Å². The first-order chi connectivity index (χ1) is 5.53. The first kappa shape index (κ1) is 9.50. The highest BCUT2D eigenvalue weighted by atomic mass is 32.2. The van der Waals surface area contributed by atoms with Crippen LogP contribution in [-0.2, 0) is 16.6 Å². The van der Waals surface area contributed by atoms with Crippen molar-refractivity contribution in [2.75, 3.05) is 11.0 Å². The molecule has 0 bridgehead atoms. The number of nitrogens with one attached hydrogen (secondary N) is 1. The van der Waals surface area contributed by atoms with Gasteiger partial charge in [0.2, 0.25) is 10.0 Å². The van der Waals surface area contributed by atoms with Gasteiger partial charge in [-0.05, 0) is 11.4 Å². The van der Waals surface area contributed by atoms with Gasteiger partial charge in [-0.15, -0.1) is 11.3 Å². The minimum Gasteiger partial charge on any atom is -0.326 e. The van der Waals surface area contributed by atoms with Gasteiger partial charge in [-0.1, -0.05) is 0 Å². The molecule has 0 atom stereocenters. The lowest BCUT2D eigenvalue weighted by atomic mass is 10.4. The maximum absolute atomic E-state index is 10.8. The van der Waals surface area contributed by atoms with E-state index in [1.807, 2.05) is 0 Å². The molecule has 0 aliphatic heterocycles. The highest BCUT2D eigenvalue weighted by molar-refractivity contribution is 7.92. The fourth-order valence-electron chi connectivity index (χ4n) is 0.789. The van der Waals surface area contributed by atoms with E-state index >= 15 is 0 Å².